The molecule has 1 heterocycles. The zero-order valence-electron chi connectivity index (χ0n) is 9.66. The van der Waals surface area contributed by atoms with Crippen LogP contribution in [0.3, 0.4) is 0 Å². The van der Waals surface area contributed by atoms with Crippen molar-refractivity contribution in [1.82, 2.24) is 10.3 Å². The average molecular weight is 344 g/mol. The summed E-state index contributed by atoms with van der Waals surface area (Å²) in [6, 6.07) is 5.82. The number of hydrogen-bond acceptors (Lipinski definition) is 2. The summed E-state index contributed by atoms with van der Waals surface area (Å²) in [6.45, 7) is 0.204. The van der Waals surface area contributed by atoms with Crippen LogP contribution in [-0.4, -0.2) is 10.9 Å². The summed E-state index contributed by atoms with van der Waals surface area (Å²) in [5, 5.41) is 2.95. The zero-order valence-corrected chi connectivity index (χ0v) is 12.0. The van der Waals surface area contributed by atoms with Crippen molar-refractivity contribution in [3.8, 4) is 0 Å². The Morgan fingerprint density at radius 1 is 1.42 bits per heavy atom. The number of amides is 1. The quantitative estimate of drug-likeness (QED) is 0.926. The number of aromatic nitrogens is 1. The number of carbonyl (C=O) groups excluding carboxylic acids is 1. The lowest BCUT2D eigenvalue weighted by Crippen LogP contribution is -2.23. The molecule has 2 rings (SSSR count). The van der Waals surface area contributed by atoms with E-state index in [1.54, 1.807) is 6.07 Å². The molecule has 0 bridgehead atoms. The molecule has 0 aliphatic rings. The minimum atomic E-state index is -0.352. The number of nitrogens with zero attached hydrogens (tertiary/aromatic N) is 1. The van der Waals surface area contributed by atoms with Crippen LogP contribution < -0.4 is 5.32 Å². The predicted molar refractivity (Wildman–Crippen MR) is 74.5 cm³/mol. The van der Waals surface area contributed by atoms with Gasteiger partial charge in [-0.05, 0) is 29.8 Å². The van der Waals surface area contributed by atoms with Crippen LogP contribution in [0.5, 0.6) is 0 Å². The number of hydrogen-bond donors (Lipinski definition) is 1. The smallest absolute Gasteiger partial charge is 0.253 e. The molecule has 0 saturated heterocycles. The minimum absolute atomic E-state index is 0.204. The molecule has 3 nitrogen and oxygen atoms in total. The van der Waals surface area contributed by atoms with Crippen LogP contribution in [-0.2, 0) is 6.54 Å². The Labute approximate surface area is 122 Å². The Bertz CT molecular complexity index is 621. The first kappa shape index (κ1) is 14.0. The standard InChI is InChI=1S/C13H9BrClFN2O/c14-11-2-1-9(16)5-8(11)6-18-13(19)10-3-4-17-7-12(10)15/h1-5,7H,6H2,(H,18,19). The summed E-state index contributed by atoms with van der Waals surface area (Å²) in [6.07, 6.45) is 2.88. The summed E-state index contributed by atoms with van der Waals surface area (Å²) < 4.78 is 13.8. The van der Waals surface area contributed by atoms with Gasteiger partial charge in [-0.1, -0.05) is 27.5 Å². The van der Waals surface area contributed by atoms with Crippen molar-refractivity contribution in [2.45, 2.75) is 6.54 Å². The average Bonchev–Trinajstić information content (AvgIpc) is 2.40. The third-order valence-corrected chi connectivity index (χ3v) is 3.54. The highest BCUT2D eigenvalue weighted by Crippen LogP contribution is 2.18. The second kappa shape index (κ2) is 6.12. The van der Waals surface area contributed by atoms with Crippen molar-refractivity contribution in [2.24, 2.45) is 0 Å². The van der Waals surface area contributed by atoms with Crippen LogP contribution in [0.25, 0.3) is 0 Å². The van der Waals surface area contributed by atoms with Crippen molar-refractivity contribution in [2.75, 3.05) is 0 Å². The monoisotopic (exact) mass is 342 g/mol. The third-order valence-electron chi connectivity index (χ3n) is 2.46. The number of halogens is 3. The summed E-state index contributed by atoms with van der Waals surface area (Å²) in [4.78, 5) is 15.7. The molecule has 6 heteroatoms. The second-order valence-electron chi connectivity index (χ2n) is 3.77. The lowest BCUT2D eigenvalue weighted by atomic mass is 10.2. The van der Waals surface area contributed by atoms with E-state index in [2.05, 4.69) is 26.2 Å². The molecule has 19 heavy (non-hydrogen) atoms. The van der Waals surface area contributed by atoms with Gasteiger partial charge in [0.1, 0.15) is 5.82 Å². The predicted octanol–water partition coefficient (Wildman–Crippen LogP) is 3.57. The molecule has 1 aromatic carbocycles. The van der Waals surface area contributed by atoms with Crippen LogP contribution in [0.4, 0.5) is 4.39 Å². The Balaban J connectivity index is 2.09. The van der Waals surface area contributed by atoms with E-state index < -0.39 is 0 Å². The molecule has 2 aromatic rings. The van der Waals surface area contributed by atoms with Gasteiger partial charge in [0.15, 0.2) is 0 Å². The number of nitrogens with one attached hydrogen (secondary N) is 1. The summed E-state index contributed by atoms with van der Waals surface area (Å²) in [5.74, 6) is -0.682. The van der Waals surface area contributed by atoms with Gasteiger partial charge in [0, 0.05) is 23.4 Å². The van der Waals surface area contributed by atoms with E-state index in [9.17, 15) is 9.18 Å². The number of pyridine rings is 1. The zero-order chi connectivity index (χ0) is 13.8. The Kier molecular flexibility index (Phi) is 4.50. The van der Waals surface area contributed by atoms with Crippen molar-refractivity contribution < 1.29 is 9.18 Å². The second-order valence-corrected chi connectivity index (χ2v) is 5.04. The van der Waals surface area contributed by atoms with Gasteiger partial charge in [-0.25, -0.2) is 4.39 Å². The van der Waals surface area contributed by atoms with Gasteiger partial charge in [-0.3, -0.25) is 9.78 Å². The fourth-order valence-corrected chi connectivity index (χ4v) is 2.10. The first-order valence-electron chi connectivity index (χ1n) is 5.39. The lowest BCUT2D eigenvalue weighted by molar-refractivity contribution is 0.0951. The van der Waals surface area contributed by atoms with Gasteiger partial charge in [0.05, 0.1) is 10.6 Å². The first-order valence-corrected chi connectivity index (χ1v) is 6.56. The number of benzene rings is 1. The van der Waals surface area contributed by atoms with Gasteiger partial charge in [0.25, 0.3) is 5.91 Å². The number of carbonyl (C=O) groups is 1. The highest BCUT2D eigenvalue weighted by Gasteiger charge is 2.10. The lowest BCUT2D eigenvalue weighted by Gasteiger charge is -2.08. The molecule has 0 spiro atoms. The molecule has 1 amide bonds. The maximum atomic E-state index is 13.1. The van der Waals surface area contributed by atoms with E-state index >= 15 is 0 Å². The molecule has 0 unspecified atom stereocenters. The SMILES string of the molecule is O=C(NCc1cc(F)ccc1Br)c1ccncc1Cl. The van der Waals surface area contributed by atoms with Crippen LogP contribution in [0.2, 0.25) is 5.02 Å². The van der Waals surface area contributed by atoms with Gasteiger partial charge < -0.3 is 5.32 Å². The van der Waals surface area contributed by atoms with Crippen LogP contribution in [0.15, 0.2) is 41.1 Å². The van der Waals surface area contributed by atoms with Gasteiger partial charge in [0.2, 0.25) is 0 Å². The molecular weight excluding hydrogens is 335 g/mol. The highest BCUT2D eigenvalue weighted by atomic mass is 79.9. The maximum absolute atomic E-state index is 13.1. The van der Waals surface area contributed by atoms with E-state index in [4.69, 9.17) is 11.6 Å². The molecule has 1 aromatic heterocycles. The molecule has 0 fully saturated rings. The van der Waals surface area contributed by atoms with E-state index in [-0.39, 0.29) is 23.3 Å². The van der Waals surface area contributed by atoms with E-state index in [1.165, 1.54) is 30.6 Å². The fourth-order valence-electron chi connectivity index (χ4n) is 1.51. The Morgan fingerprint density at radius 3 is 2.95 bits per heavy atom. The van der Waals surface area contributed by atoms with Crippen molar-refractivity contribution in [3.63, 3.8) is 0 Å². The molecule has 98 valence electrons. The number of rotatable bonds is 3. The highest BCUT2D eigenvalue weighted by molar-refractivity contribution is 9.10. The summed E-state index contributed by atoms with van der Waals surface area (Å²) >= 11 is 9.16. The van der Waals surface area contributed by atoms with Crippen molar-refractivity contribution in [3.05, 3.63) is 63.1 Å². The fraction of sp³-hybridized carbons (Fsp3) is 0.0769. The molecule has 0 saturated carbocycles. The van der Waals surface area contributed by atoms with Crippen LogP contribution >= 0.6 is 27.5 Å². The molecule has 0 radical (unpaired) electrons. The van der Waals surface area contributed by atoms with E-state index in [0.29, 0.717) is 11.1 Å². The topological polar surface area (TPSA) is 42.0 Å². The normalized spacial score (nSPS) is 10.3. The molecule has 0 atom stereocenters. The molecular formula is C13H9BrClFN2O. The van der Waals surface area contributed by atoms with Gasteiger partial charge in [-0.2, -0.15) is 0 Å². The van der Waals surface area contributed by atoms with E-state index in [0.717, 1.165) is 4.47 Å². The van der Waals surface area contributed by atoms with Crippen molar-refractivity contribution in [1.29, 1.82) is 0 Å². The maximum Gasteiger partial charge on any atom is 0.253 e. The summed E-state index contributed by atoms with van der Waals surface area (Å²) in [5.41, 5.74) is 0.989. The van der Waals surface area contributed by atoms with Crippen LogP contribution in [0.1, 0.15) is 15.9 Å². The Morgan fingerprint density at radius 2 is 2.21 bits per heavy atom. The molecule has 0 aliphatic carbocycles. The first-order chi connectivity index (χ1) is 9.08. The third kappa shape index (κ3) is 3.52. The van der Waals surface area contributed by atoms with E-state index in [1.807, 2.05) is 0 Å². The Hall–Kier alpha value is -1.46. The minimum Gasteiger partial charge on any atom is -0.348 e. The largest absolute Gasteiger partial charge is 0.348 e. The molecule has 1 N–H and O–H groups in total. The van der Waals surface area contributed by atoms with Crippen molar-refractivity contribution >= 4 is 33.4 Å². The van der Waals surface area contributed by atoms with Crippen LogP contribution in [0, 0.1) is 5.82 Å². The molecule has 0 aliphatic heterocycles. The van der Waals surface area contributed by atoms with Gasteiger partial charge >= 0.3 is 0 Å². The summed E-state index contributed by atoms with van der Waals surface area (Å²) in [7, 11) is 0. The van der Waals surface area contributed by atoms with Gasteiger partial charge in [-0.15, -0.1) is 0 Å².